The average molecular weight is 287 g/mol. The van der Waals surface area contributed by atoms with E-state index in [2.05, 4.69) is 29.9 Å². The largest absolute Gasteiger partial charge is 0.399 e. The molecule has 0 atom stereocenters. The number of benzene rings is 1. The quantitative estimate of drug-likeness (QED) is 0.677. The number of thioether (sulfide) groups is 1. The Labute approximate surface area is 124 Å². The van der Waals surface area contributed by atoms with Gasteiger partial charge in [0.1, 0.15) is 0 Å². The van der Waals surface area contributed by atoms with Gasteiger partial charge in [0.15, 0.2) is 0 Å². The van der Waals surface area contributed by atoms with Gasteiger partial charge in [-0.15, -0.1) is 11.8 Å². The topological polar surface area (TPSA) is 43.8 Å². The highest BCUT2D eigenvalue weighted by Crippen LogP contribution is 2.30. The third-order valence-corrected chi connectivity index (χ3v) is 5.15. The SMILES string of the molecule is Cc1cc(N)ccc1SCc1ccn(C2CCCC2)n1. The van der Waals surface area contributed by atoms with Crippen molar-refractivity contribution < 1.29 is 0 Å². The highest BCUT2D eigenvalue weighted by molar-refractivity contribution is 7.98. The first-order valence-electron chi connectivity index (χ1n) is 7.25. The second-order valence-corrected chi connectivity index (χ2v) is 6.56. The number of anilines is 1. The number of hydrogen-bond donors (Lipinski definition) is 1. The van der Waals surface area contributed by atoms with Crippen LogP contribution in [0.5, 0.6) is 0 Å². The van der Waals surface area contributed by atoms with Crippen LogP contribution >= 0.6 is 11.8 Å². The molecular weight excluding hydrogens is 266 g/mol. The highest BCUT2D eigenvalue weighted by Gasteiger charge is 2.17. The summed E-state index contributed by atoms with van der Waals surface area (Å²) in [6, 6.07) is 8.87. The fraction of sp³-hybridized carbons (Fsp3) is 0.438. The second kappa shape index (κ2) is 5.92. The summed E-state index contributed by atoms with van der Waals surface area (Å²) in [6.45, 7) is 2.11. The van der Waals surface area contributed by atoms with E-state index in [1.807, 2.05) is 23.9 Å². The van der Waals surface area contributed by atoms with Crippen LogP contribution in [0.4, 0.5) is 5.69 Å². The molecule has 0 amide bonds. The van der Waals surface area contributed by atoms with Crippen molar-refractivity contribution in [2.24, 2.45) is 0 Å². The molecule has 2 N–H and O–H groups in total. The molecule has 4 heteroatoms. The number of nitrogens with zero attached hydrogens (tertiary/aromatic N) is 2. The summed E-state index contributed by atoms with van der Waals surface area (Å²) in [5, 5.41) is 4.73. The van der Waals surface area contributed by atoms with Crippen molar-refractivity contribution >= 4 is 17.4 Å². The molecule has 20 heavy (non-hydrogen) atoms. The summed E-state index contributed by atoms with van der Waals surface area (Å²) in [5.74, 6) is 0.921. The normalized spacial score (nSPS) is 15.8. The van der Waals surface area contributed by atoms with Gasteiger partial charge in [-0.25, -0.2) is 0 Å². The molecule has 0 radical (unpaired) electrons. The summed E-state index contributed by atoms with van der Waals surface area (Å²) < 4.78 is 2.17. The standard InChI is InChI=1S/C16H21N3S/c1-12-10-13(17)6-7-16(12)20-11-14-8-9-19(18-14)15-4-2-3-5-15/h6-10,15H,2-5,11,17H2,1H3. The smallest absolute Gasteiger partial charge is 0.0727 e. The van der Waals surface area contributed by atoms with E-state index in [1.165, 1.54) is 36.1 Å². The fourth-order valence-electron chi connectivity index (χ4n) is 2.81. The number of rotatable bonds is 4. The predicted molar refractivity (Wildman–Crippen MR) is 84.9 cm³/mol. The van der Waals surface area contributed by atoms with Crippen LogP contribution in [0.3, 0.4) is 0 Å². The minimum atomic E-state index is 0.631. The van der Waals surface area contributed by atoms with E-state index in [4.69, 9.17) is 10.8 Å². The lowest BCUT2D eigenvalue weighted by Gasteiger charge is -2.09. The Morgan fingerprint density at radius 2 is 2.10 bits per heavy atom. The van der Waals surface area contributed by atoms with Gasteiger partial charge in [0.05, 0.1) is 11.7 Å². The molecule has 1 heterocycles. The fourth-order valence-corrected chi connectivity index (χ4v) is 3.72. The van der Waals surface area contributed by atoms with Crippen LogP contribution in [0.1, 0.15) is 43.0 Å². The minimum absolute atomic E-state index is 0.631. The van der Waals surface area contributed by atoms with Crippen molar-refractivity contribution in [3.63, 3.8) is 0 Å². The van der Waals surface area contributed by atoms with Gasteiger partial charge in [-0.05, 0) is 49.6 Å². The molecule has 1 aliphatic rings. The Hall–Kier alpha value is -1.42. The van der Waals surface area contributed by atoms with Crippen molar-refractivity contribution in [2.75, 3.05) is 5.73 Å². The summed E-state index contributed by atoms with van der Waals surface area (Å²) in [5.41, 5.74) is 9.02. The molecule has 0 aliphatic heterocycles. The summed E-state index contributed by atoms with van der Waals surface area (Å²) >= 11 is 1.83. The van der Waals surface area contributed by atoms with Crippen LogP contribution in [-0.2, 0) is 5.75 Å². The molecule has 1 fully saturated rings. The van der Waals surface area contributed by atoms with Gasteiger partial charge in [-0.2, -0.15) is 5.10 Å². The zero-order valence-corrected chi connectivity index (χ0v) is 12.7. The van der Waals surface area contributed by atoms with E-state index >= 15 is 0 Å². The van der Waals surface area contributed by atoms with Crippen molar-refractivity contribution in [2.45, 2.75) is 49.3 Å². The van der Waals surface area contributed by atoms with Gasteiger partial charge in [-0.1, -0.05) is 12.8 Å². The summed E-state index contributed by atoms with van der Waals surface area (Å²) in [4.78, 5) is 1.29. The van der Waals surface area contributed by atoms with Crippen LogP contribution in [-0.4, -0.2) is 9.78 Å². The third-order valence-electron chi connectivity index (χ3n) is 3.94. The summed E-state index contributed by atoms with van der Waals surface area (Å²) in [6.07, 6.45) is 7.40. The number of aromatic nitrogens is 2. The number of nitrogens with two attached hydrogens (primary N) is 1. The van der Waals surface area contributed by atoms with E-state index in [1.54, 1.807) is 0 Å². The van der Waals surface area contributed by atoms with Crippen LogP contribution in [0.15, 0.2) is 35.4 Å². The first-order valence-corrected chi connectivity index (χ1v) is 8.24. The molecule has 3 rings (SSSR count). The lowest BCUT2D eigenvalue weighted by atomic mass is 10.2. The molecule has 0 saturated heterocycles. The monoisotopic (exact) mass is 287 g/mol. The number of aryl methyl sites for hydroxylation is 1. The molecule has 2 aromatic rings. The maximum atomic E-state index is 5.78. The third kappa shape index (κ3) is 3.01. The molecule has 0 bridgehead atoms. The Bertz CT molecular complexity index is 585. The molecular formula is C16H21N3S. The number of nitrogen functional groups attached to an aromatic ring is 1. The lowest BCUT2D eigenvalue weighted by molar-refractivity contribution is 0.464. The van der Waals surface area contributed by atoms with Gasteiger partial charge >= 0.3 is 0 Å². The molecule has 106 valence electrons. The zero-order valence-electron chi connectivity index (χ0n) is 11.9. The van der Waals surface area contributed by atoms with Gasteiger partial charge < -0.3 is 5.73 Å². The average Bonchev–Trinajstić information content (AvgIpc) is 3.08. The molecule has 1 aromatic heterocycles. The maximum Gasteiger partial charge on any atom is 0.0727 e. The molecule has 3 nitrogen and oxygen atoms in total. The van der Waals surface area contributed by atoms with Gasteiger partial charge in [0.2, 0.25) is 0 Å². The van der Waals surface area contributed by atoms with Crippen molar-refractivity contribution in [1.82, 2.24) is 9.78 Å². The Morgan fingerprint density at radius 1 is 1.30 bits per heavy atom. The Balaban J connectivity index is 1.63. The molecule has 0 unspecified atom stereocenters. The van der Waals surface area contributed by atoms with E-state index in [-0.39, 0.29) is 0 Å². The van der Waals surface area contributed by atoms with E-state index in [0.717, 1.165) is 17.1 Å². The zero-order chi connectivity index (χ0) is 13.9. The second-order valence-electron chi connectivity index (χ2n) is 5.54. The number of hydrogen-bond acceptors (Lipinski definition) is 3. The van der Waals surface area contributed by atoms with Crippen LogP contribution in [0.2, 0.25) is 0 Å². The van der Waals surface area contributed by atoms with Crippen LogP contribution in [0, 0.1) is 6.92 Å². The lowest BCUT2D eigenvalue weighted by Crippen LogP contribution is -2.05. The van der Waals surface area contributed by atoms with Crippen LogP contribution in [0.25, 0.3) is 0 Å². The first kappa shape index (κ1) is 13.6. The highest BCUT2D eigenvalue weighted by atomic mass is 32.2. The van der Waals surface area contributed by atoms with E-state index in [9.17, 15) is 0 Å². The van der Waals surface area contributed by atoms with Crippen molar-refractivity contribution in [3.05, 3.63) is 41.7 Å². The van der Waals surface area contributed by atoms with E-state index < -0.39 is 0 Å². The predicted octanol–water partition coefficient (Wildman–Crippen LogP) is 4.18. The van der Waals surface area contributed by atoms with Crippen LogP contribution < -0.4 is 5.73 Å². The molecule has 1 aromatic carbocycles. The Kier molecular flexibility index (Phi) is 4.01. The van der Waals surface area contributed by atoms with Gasteiger partial charge in [0.25, 0.3) is 0 Å². The van der Waals surface area contributed by atoms with Gasteiger partial charge in [0, 0.05) is 22.5 Å². The van der Waals surface area contributed by atoms with E-state index in [0.29, 0.717) is 6.04 Å². The molecule has 1 aliphatic carbocycles. The molecule has 1 saturated carbocycles. The first-order chi connectivity index (χ1) is 9.72. The summed E-state index contributed by atoms with van der Waals surface area (Å²) in [7, 11) is 0. The van der Waals surface area contributed by atoms with Crippen molar-refractivity contribution in [3.8, 4) is 0 Å². The maximum absolute atomic E-state index is 5.78. The van der Waals surface area contributed by atoms with Gasteiger partial charge in [-0.3, -0.25) is 4.68 Å². The van der Waals surface area contributed by atoms with Crippen molar-refractivity contribution in [1.29, 1.82) is 0 Å². The Morgan fingerprint density at radius 3 is 2.85 bits per heavy atom. The minimum Gasteiger partial charge on any atom is -0.399 e. The molecule has 0 spiro atoms.